The van der Waals surface area contributed by atoms with E-state index in [9.17, 15) is 27.7 Å². The van der Waals surface area contributed by atoms with Gasteiger partial charge in [-0.15, -0.1) is 0 Å². The molecular formula is C42H58N3O13PS. The number of nitrogens with one attached hydrogen (secondary N) is 2. The molecule has 1 amide bonds. The minimum absolute atomic E-state index is 0.0333. The monoisotopic (exact) mass is 875 g/mol. The molecule has 1 unspecified atom stereocenters. The number of fused-ring (bicyclic) bond motifs is 1. The third-order valence-electron chi connectivity index (χ3n) is 9.96. The molecule has 16 nitrogen and oxygen atoms in total. The van der Waals surface area contributed by atoms with Crippen molar-refractivity contribution in [1.29, 1.82) is 0 Å². The number of rotatable bonds is 23. The predicted molar refractivity (Wildman–Crippen MR) is 222 cm³/mol. The number of carbonyl (C=O) groups is 2. The van der Waals surface area contributed by atoms with E-state index in [1.165, 1.54) is 30.5 Å². The highest BCUT2D eigenvalue weighted by atomic mass is 32.2. The summed E-state index contributed by atoms with van der Waals surface area (Å²) in [6.45, 7) is 8.19. The molecule has 0 saturated carbocycles. The Morgan fingerprint density at radius 3 is 2.32 bits per heavy atom. The first-order valence-electron chi connectivity index (χ1n) is 20.2. The topological polar surface area (TPSA) is 197 Å². The standard InChI is InChI=1S/C42H58N3O13PS/c1-6-53-40(47)30(4)57-59(49,58-34-10-8-7-9-11-34)23-21-43-25-32-14-12-31(13-15-32)24-37(44-42(48)56-39-28-55-41-36(39)20-22-54-41)38(46)27-45(26-29(2)3)60(50,51)35-18-16-33(52-5)17-19-35/h7-19,29-30,36-39,41,43,46H,6,20-28H2,1-5H3,(H,44,48)/t30-,36-,37-,38+,39-,41+,59?/m0/s1. The molecule has 2 heterocycles. The number of ether oxygens (including phenoxy) is 5. The van der Waals surface area contributed by atoms with Crippen LogP contribution in [0, 0.1) is 11.8 Å². The molecule has 0 bridgehead atoms. The molecule has 0 aromatic heterocycles. The van der Waals surface area contributed by atoms with E-state index in [1.807, 2.05) is 38.1 Å². The Labute approximate surface area is 352 Å². The van der Waals surface area contributed by atoms with Gasteiger partial charge >= 0.3 is 19.7 Å². The second-order valence-electron chi connectivity index (χ2n) is 15.1. The summed E-state index contributed by atoms with van der Waals surface area (Å²) in [5, 5.41) is 17.8. The van der Waals surface area contributed by atoms with Gasteiger partial charge in [-0.05, 0) is 80.1 Å². The van der Waals surface area contributed by atoms with E-state index in [-0.39, 0.29) is 62.2 Å². The molecule has 0 radical (unpaired) electrons. The SMILES string of the molecule is CCOC(=O)[C@H](C)OP(=O)(CCNCc1ccc(C[C@H](NC(=O)O[C@H]2CO[C@H]3OCC[C@H]32)[C@H](O)CN(CC(C)C)S(=O)(=O)c2ccc(OC)cc2)cc1)Oc1ccccc1. The van der Waals surface area contributed by atoms with Gasteiger partial charge in [0.2, 0.25) is 10.0 Å². The Morgan fingerprint density at radius 2 is 1.65 bits per heavy atom. The Bertz CT molecular complexity index is 1970. The van der Waals surface area contributed by atoms with Crippen LogP contribution in [0.25, 0.3) is 0 Å². The lowest BCUT2D eigenvalue weighted by atomic mass is 10.00. The maximum atomic E-state index is 13.9. The van der Waals surface area contributed by atoms with Gasteiger partial charge in [0.1, 0.15) is 17.6 Å². The summed E-state index contributed by atoms with van der Waals surface area (Å²) in [4.78, 5) is 25.7. The number of alkyl carbamates (subject to hydrolysis) is 1. The number of methoxy groups -OCH3 is 1. The highest BCUT2D eigenvalue weighted by molar-refractivity contribution is 7.89. The Balaban J connectivity index is 1.25. The number of aliphatic hydroxyl groups is 1. The molecule has 60 heavy (non-hydrogen) atoms. The summed E-state index contributed by atoms with van der Waals surface area (Å²) >= 11 is 0. The molecular weight excluding hydrogens is 818 g/mol. The van der Waals surface area contributed by atoms with E-state index in [0.717, 1.165) is 11.1 Å². The maximum absolute atomic E-state index is 13.9. The van der Waals surface area contributed by atoms with E-state index >= 15 is 0 Å². The van der Waals surface area contributed by atoms with Gasteiger partial charge in [-0.25, -0.2) is 22.6 Å². The quantitative estimate of drug-likeness (QED) is 0.0644. The third kappa shape index (κ3) is 13.5. The lowest BCUT2D eigenvalue weighted by Crippen LogP contribution is -2.51. The molecule has 330 valence electrons. The summed E-state index contributed by atoms with van der Waals surface area (Å²) in [5.74, 6) is 0.0332. The summed E-state index contributed by atoms with van der Waals surface area (Å²) in [6, 6.07) is 21.1. The summed E-state index contributed by atoms with van der Waals surface area (Å²) in [6.07, 6.45) is -3.35. The number of hydrogen-bond donors (Lipinski definition) is 3. The normalized spacial score (nSPS) is 20.2. The smallest absolute Gasteiger partial charge is 0.407 e. The second kappa shape index (κ2) is 22.2. The van der Waals surface area contributed by atoms with Gasteiger partial charge in [0, 0.05) is 26.2 Å². The van der Waals surface area contributed by atoms with Gasteiger partial charge in [0.25, 0.3) is 0 Å². The number of aliphatic hydroxyl groups excluding tert-OH is 1. The minimum Gasteiger partial charge on any atom is -0.497 e. The minimum atomic E-state index is -4.05. The number of benzene rings is 3. The average Bonchev–Trinajstić information content (AvgIpc) is 3.85. The van der Waals surface area contributed by atoms with E-state index in [1.54, 1.807) is 49.4 Å². The van der Waals surface area contributed by atoms with Crippen molar-refractivity contribution in [2.24, 2.45) is 11.8 Å². The molecule has 2 saturated heterocycles. The number of amides is 1. The molecule has 2 fully saturated rings. The zero-order valence-electron chi connectivity index (χ0n) is 34.8. The molecule has 0 aliphatic carbocycles. The van der Waals surface area contributed by atoms with Gasteiger partial charge in [0.15, 0.2) is 12.4 Å². The average molecular weight is 876 g/mol. The molecule has 3 aromatic rings. The third-order valence-corrected chi connectivity index (χ3v) is 13.7. The summed E-state index contributed by atoms with van der Waals surface area (Å²) in [5.41, 5.74) is 1.64. The van der Waals surface area contributed by atoms with Gasteiger partial charge < -0.3 is 43.9 Å². The van der Waals surface area contributed by atoms with Crippen LogP contribution in [0.3, 0.4) is 0 Å². The zero-order valence-corrected chi connectivity index (χ0v) is 36.5. The second-order valence-corrected chi connectivity index (χ2v) is 19.1. The van der Waals surface area contributed by atoms with Crippen LogP contribution < -0.4 is 19.9 Å². The van der Waals surface area contributed by atoms with Crippen LogP contribution in [-0.4, -0.2) is 113 Å². The molecule has 2 aliphatic rings. The number of esters is 1. The highest BCUT2D eigenvalue weighted by Crippen LogP contribution is 2.49. The van der Waals surface area contributed by atoms with Crippen LogP contribution >= 0.6 is 7.60 Å². The number of hydrogen-bond acceptors (Lipinski definition) is 14. The molecule has 5 rings (SSSR count). The van der Waals surface area contributed by atoms with Gasteiger partial charge in [0.05, 0.1) is 56.1 Å². The molecule has 18 heteroatoms. The van der Waals surface area contributed by atoms with Crippen LogP contribution in [0.2, 0.25) is 0 Å². The fourth-order valence-corrected chi connectivity index (χ4v) is 10.2. The lowest BCUT2D eigenvalue weighted by Gasteiger charge is -2.31. The molecule has 3 aromatic carbocycles. The van der Waals surface area contributed by atoms with Crippen LogP contribution in [-0.2, 0) is 55.8 Å². The van der Waals surface area contributed by atoms with E-state index in [2.05, 4.69) is 10.6 Å². The Hall–Kier alpha value is -4.06. The Kier molecular flexibility index (Phi) is 17.4. The van der Waals surface area contributed by atoms with Crippen molar-refractivity contribution < 1.29 is 60.4 Å². The van der Waals surface area contributed by atoms with Crippen molar-refractivity contribution in [2.75, 3.05) is 52.7 Å². The Morgan fingerprint density at radius 1 is 0.950 bits per heavy atom. The first-order chi connectivity index (χ1) is 28.7. The van der Waals surface area contributed by atoms with Crippen molar-refractivity contribution in [3.63, 3.8) is 0 Å². The van der Waals surface area contributed by atoms with Crippen molar-refractivity contribution in [3.05, 3.63) is 90.0 Å². The molecule has 0 spiro atoms. The van der Waals surface area contributed by atoms with Crippen LogP contribution in [0.4, 0.5) is 4.79 Å². The van der Waals surface area contributed by atoms with Crippen molar-refractivity contribution in [3.8, 4) is 11.5 Å². The first kappa shape index (κ1) is 47.0. The fraction of sp³-hybridized carbons (Fsp3) is 0.524. The van der Waals surface area contributed by atoms with E-state index in [0.29, 0.717) is 31.1 Å². The number of para-hydroxylation sites is 1. The lowest BCUT2D eigenvalue weighted by molar-refractivity contribution is -0.150. The van der Waals surface area contributed by atoms with Gasteiger partial charge in [-0.2, -0.15) is 4.31 Å². The number of carbonyl (C=O) groups excluding carboxylic acids is 2. The molecule has 3 N–H and O–H groups in total. The molecule has 7 atom stereocenters. The van der Waals surface area contributed by atoms with Crippen molar-refractivity contribution in [1.82, 2.24) is 14.9 Å². The van der Waals surface area contributed by atoms with E-state index < -0.39 is 60.3 Å². The van der Waals surface area contributed by atoms with Gasteiger partial charge in [-0.3, -0.25) is 4.52 Å². The van der Waals surface area contributed by atoms with Crippen molar-refractivity contribution >= 4 is 29.7 Å². The van der Waals surface area contributed by atoms with Crippen LogP contribution in [0.15, 0.2) is 83.8 Å². The predicted octanol–water partition coefficient (Wildman–Crippen LogP) is 5.13. The van der Waals surface area contributed by atoms with Crippen LogP contribution in [0.1, 0.15) is 45.2 Å². The maximum Gasteiger partial charge on any atom is 0.407 e. The summed E-state index contributed by atoms with van der Waals surface area (Å²) < 4.78 is 81.5. The van der Waals surface area contributed by atoms with Crippen molar-refractivity contribution in [2.45, 2.75) is 82.6 Å². The molecule has 2 aliphatic heterocycles. The first-order valence-corrected chi connectivity index (χ1v) is 23.4. The fourth-order valence-electron chi connectivity index (χ4n) is 6.87. The summed E-state index contributed by atoms with van der Waals surface area (Å²) in [7, 11) is -6.36. The highest BCUT2D eigenvalue weighted by Gasteiger charge is 2.44. The van der Waals surface area contributed by atoms with E-state index in [4.69, 9.17) is 32.7 Å². The van der Waals surface area contributed by atoms with Crippen LogP contribution in [0.5, 0.6) is 11.5 Å². The number of sulfonamides is 1. The largest absolute Gasteiger partial charge is 0.497 e. The zero-order chi connectivity index (χ0) is 43.3. The van der Waals surface area contributed by atoms with Gasteiger partial charge in [-0.1, -0.05) is 56.3 Å². The number of nitrogens with zero attached hydrogens (tertiary/aromatic N) is 1.